The van der Waals surface area contributed by atoms with E-state index in [0.717, 1.165) is 11.3 Å². The summed E-state index contributed by atoms with van der Waals surface area (Å²) in [6, 6.07) is 15.9. The molecule has 0 fully saturated rings. The van der Waals surface area contributed by atoms with Gasteiger partial charge in [0.15, 0.2) is 0 Å². The number of nitriles is 1. The van der Waals surface area contributed by atoms with E-state index in [-0.39, 0.29) is 10.9 Å². The van der Waals surface area contributed by atoms with Gasteiger partial charge in [0.25, 0.3) is 10.0 Å². The Balaban J connectivity index is 2.19. The van der Waals surface area contributed by atoms with Crippen molar-refractivity contribution in [2.45, 2.75) is 31.7 Å². The SMILES string of the molecule is CCN(c1ccc(C=NS(=O)(=O)c2ccc(C)cc2)cc1)C(C)C#N. The Labute approximate surface area is 149 Å². The fourth-order valence-corrected chi connectivity index (χ4v) is 3.27. The van der Waals surface area contributed by atoms with E-state index in [1.807, 2.05) is 37.8 Å². The predicted octanol–water partition coefficient (Wildman–Crippen LogP) is 3.54. The molecule has 0 saturated carbocycles. The molecule has 0 aliphatic rings. The molecule has 1 unspecified atom stereocenters. The maximum absolute atomic E-state index is 12.2. The van der Waals surface area contributed by atoms with E-state index in [9.17, 15) is 8.42 Å². The van der Waals surface area contributed by atoms with Gasteiger partial charge in [0.1, 0.15) is 6.04 Å². The fraction of sp³-hybridized carbons (Fsp3) is 0.263. The van der Waals surface area contributed by atoms with E-state index in [0.29, 0.717) is 12.1 Å². The number of aryl methyl sites for hydroxylation is 1. The van der Waals surface area contributed by atoms with Crippen molar-refractivity contribution in [2.24, 2.45) is 4.40 Å². The normalized spacial score (nSPS) is 12.7. The van der Waals surface area contributed by atoms with E-state index < -0.39 is 10.0 Å². The molecule has 0 radical (unpaired) electrons. The molecule has 5 nitrogen and oxygen atoms in total. The molecule has 0 N–H and O–H groups in total. The van der Waals surface area contributed by atoms with Crippen LogP contribution in [0.4, 0.5) is 5.69 Å². The molecule has 2 aromatic carbocycles. The molecule has 2 aromatic rings. The van der Waals surface area contributed by atoms with Gasteiger partial charge in [-0.15, -0.1) is 0 Å². The number of rotatable bonds is 6. The molecule has 0 amide bonds. The smallest absolute Gasteiger partial charge is 0.282 e. The first-order valence-corrected chi connectivity index (χ1v) is 9.44. The largest absolute Gasteiger partial charge is 0.356 e. The van der Waals surface area contributed by atoms with E-state index in [4.69, 9.17) is 5.26 Å². The van der Waals surface area contributed by atoms with Crippen molar-refractivity contribution in [1.29, 1.82) is 5.26 Å². The van der Waals surface area contributed by atoms with Crippen LogP contribution in [-0.4, -0.2) is 27.2 Å². The summed E-state index contributed by atoms with van der Waals surface area (Å²) in [5.74, 6) is 0. The van der Waals surface area contributed by atoms with Gasteiger partial charge in [-0.3, -0.25) is 0 Å². The molecule has 6 heteroatoms. The Morgan fingerprint density at radius 1 is 1.16 bits per heavy atom. The summed E-state index contributed by atoms with van der Waals surface area (Å²) >= 11 is 0. The minimum Gasteiger partial charge on any atom is -0.356 e. The van der Waals surface area contributed by atoms with Crippen molar-refractivity contribution in [1.82, 2.24) is 0 Å². The summed E-state index contributed by atoms with van der Waals surface area (Å²) in [4.78, 5) is 2.13. The van der Waals surface area contributed by atoms with Crippen LogP contribution < -0.4 is 4.90 Å². The molecule has 0 aromatic heterocycles. The summed E-state index contributed by atoms with van der Waals surface area (Å²) in [6.45, 7) is 6.43. The first kappa shape index (κ1) is 18.7. The molecule has 0 spiro atoms. The highest BCUT2D eigenvalue weighted by molar-refractivity contribution is 7.90. The van der Waals surface area contributed by atoms with Crippen LogP contribution in [0, 0.1) is 18.3 Å². The van der Waals surface area contributed by atoms with Crippen molar-refractivity contribution in [2.75, 3.05) is 11.4 Å². The highest BCUT2D eigenvalue weighted by Crippen LogP contribution is 2.18. The highest BCUT2D eigenvalue weighted by Gasteiger charge is 2.12. The average Bonchev–Trinajstić information content (AvgIpc) is 2.62. The molecule has 0 aliphatic carbocycles. The quantitative estimate of drug-likeness (QED) is 0.743. The zero-order valence-corrected chi connectivity index (χ0v) is 15.4. The highest BCUT2D eigenvalue weighted by atomic mass is 32.2. The first-order valence-electron chi connectivity index (χ1n) is 8.00. The van der Waals surface area contributed by atoms with Gasteiger partial charge >= 0.3 is 0 Å². The number of nitrogens with zero attached hydrogens (tertiary/aromatic N) is 3. The van der Waals surface area contributed by atoms with Crippen LogP contribution in [0.5, 0.6) is 0 Å². The molecule has 130 valence electrons. The summed E-state index contributed by atoms with van der Waals surface area (Å²) in [5, 5.41) is 9.07. The maximum atomic E-state index is 12.2. The molecule has 0 heterocycles. The Bertz CT molecular complexity index is 880. The standard InChI is InChI=1S/C19H21N3O2S/c1-4-22(16(3)13-20)18-9-7-17(8-10-18)14-21-25(23,24)19-11-5-15(2)6-12-19/h5-12,14,16H,4H2,1-3H3. The van der Waals surface area contributed by atoms with Crippen LogP contribution in [0.25, 0.3) is 0 Å². The fourth-order valence-electron chi connectivity index (χ4n) is 2.40. The minimum absolute atomic E-state index is 0.172. The van der Waals surface area contributed by atoms with E-state index >= 15 is 0 Å². The molecule has 0 bridgehead atoms. The van der Waals surface area contributed by atoms with Crippen molar-refractivity contribution in [3.63, 3.8) is 0 Å². The molecular formula is C19H21N3O2S. The number of hydrogen-bond donors (Lipinski definition) is 0. The van der Waals surface area contributed by atoms with Crippen molar-refractivity contribution < 1.29 is 8.42 Å². The van der Waals surface area contributed by atoms with Crippen LogP contribution in [0.1, 0.15) is 25.0 Å². The monoisotopic (exact) mass is 355 g/mol. The lowest BCUT2D eigenvalue weighted by Crippen LogP contribution is -2.31. The molecule has 1 atom stereocenters. The van der Waals surface area contributed by atoms with Gasteiger partial charge in [-0.05, 0) is 50.6 Å². The van der Waals surface area contributed by atoms with Gasteiger partial charge in [-0.1, -0.05) is 29.8 Å². The van der Waals surface area contributed by atoms with Gasteiger partial charge in [-0.25, -0.2) is 0 Å². The minimum atomic E-state index is -3.71. The van der Waals surface area contributed by atoms with Crippen LogP contribution >= 0.6 is 0 Å². The molecule has 0 saturated heterocycles. The second-order valence-electron chi connectivity index (χ2n) is 5.71. The van der Waals surface area contributed by atoms with Gasteiger partial charge in [-0.2, -0.15) is 18.1 Å². The third kappa shape index (κ3) is 4.68. The lowest BCUT2D eigenvalue weighted by Gasteiger charge is -2.25. The Kier molecular flexibility index (Phi) is 5.94. The molecule has 2 rings (SSSR count). The van der Waals surface area contributed by atoms with E-state index in [1.54, 1.807) is 36.4 Å². The Morgan fingerprint density at radius 3 is 2.28 bits per heavy atom. The van der Waals surface area contributed by atoms with Gasteiger partial charge < -0.3 is 4.90 Å². The van der Waals surface area contributed by atoms with Crippen molar-refractivity contribution >= 4 is 21.9 Å². The zero-order valence-electron chi connectivity index (χ0n) is 14.5. The van der Waals surface area contributed by atoms with Crippen LogP contribution in [0.15, 0.2) is 57.8 Å². The van der Waals surface area contributed by atoms with E-state index in [1.165, 1.54) is 6.21 Å². The number of benzene rings is 2. The van der Waals surface area contributed by atoms with E-state index in [2.05, 4.69) is 10.5 Å². The predicted molar refractivity (Wildman–Crippen MR) is 100 cm³/mol. The molecule has 0 aliphatic heterocycles. The molecular weight excluding hydrogens is 334 g/mol. The second kappa shape index (κ2) is 7.95. The van der Waals surface area contributed by atoms with Gasteiger partial charge in [0, 0.05) is 18.4 Å². The second-order valence-corrected chi connectivity index (χ2v) is 7.34. The lowest BCUT2D eigenvalue weighted by atomic mass is 10.2. The summed E-state index contributed by atoms with van der Waals surface area (Å²) < 4.78 is 28.2. The lowest BCUT2D eigenvalue weighted by molar-refractivity contribution is 0.598. The first-order chi connectivity index (χ1) is 11.9. The van der Waals surface area contributed by atoms with Crippen molar-refractivity contribution in [3.8, 4) is 6.07 Å². The summed E-state index contributed by atoms with van der Waals surface area (Å²) in [6.07, 6.45) is 1.34. The Morgan fingerprint density at radius 2 is 1.76 bits per heavy atom. The number of anilines is 1. The van der Waals surface area contributed by atoms with Gasteiger partial charge in [0.2, 0.25) is 0 Å². The average molecular weight is 355 g/mol. The third-order valence-electron chi connectivity index (χ3n) is 3.88. The van der Waals surface area contributed by atoms with Crippen LogP contribution in [0.2, 0.25) is 0 Å². The third-order valence-corrected chi connectivity index (χ3v) is 5.13. The number of sulfonamides is 1. The van der Waals surface area contributed by atoms with Crippen LogP contribution in [-0.2, 0) is 10.0 Å². The molecule has 25 heavy (non-hydrogen) atoms. The van der Waals surface area contributed by atoms with Crippen molar-refractivity contribution in [3.05, 3.63) is 59.7 Å². The summed E-state index contributed by atoms with van der Waals surface area (Å²) in [5.41, 5.74) is 2.58. The Hall–Kier alpha value is -2.65. The van der Waals surface area contributed by atoms with Gasteiger partial charge in [0.05, 0.1) is 11.0 Å². The summed E-state index contributed by atoms with van der Waals surface area (Å²) in [7, 11) is -3.71. The maximum Gasteiger partial charge on any atom is 0.282 e. The zero-order chi connectivity index (χ0) is 18.4. The number of hydrogen-bond acceptors (Lipinski definition) is 4. The topological polar surface area (TPSA) is 73.5 Å². The van der Waals surface area contributed by atoms with Crippen LogP contribution in [0.3, 0.4) is 0 Å².